The zero-order chi connectivity index (χ0) is 12.8. The number of carbonyl (C=O) groups excluding carboxylic acids is 1. The second kappa shape index (κ2) is 6.32. The fourth-order valence-electron chi connectivity index (χ4n) is 1.37. The lowest BCUT2D eigenvalue weighted by Gasteiger charge is -2.14. The van der Waals surface area contributed by atoms with Crippen LogP contribution < -0.4 is 5.32 Å². The number of likely N-dealkylation sites (N-methyl/N-ethyl adjacent to an activating group) is 1. The molecule has 0 atom stereocenters. The highest BCUT2D eigenvalue weighted by Crippen LogP contribution is 2.13. The first kappa shape index (κ1) is 13.6. The van der Waals surface area contributed by atoms with E-state index in [1.165, 1.54) is 6.07 Å². The number of hydrogen-bond donors (Lipinski definition) is 2. The van der Waals surface area contributed by atoms with Crippen molar-refractivity contribution in [2.45, 2.75) is 6.92 Å². The van der Waals surface area contributed by atoms with Gasteiger partial charge in [-0.1, -0.05) is 6.07 Å². The topological polar surface area (TPSA) is 52.6 Å². The predicted octanol–water partition coefficient (Wildman–Crippen LogP) is 0.997. The Morgan fingerprint density at radius 1 is 1.53 bits per heavy atom. The molecule has 4 nitrogen and oxygen atoms in total. The smallest absolute Gasteiger partial charge is 0.238 e. The number of nitrogens with one attached hydrogen (secondary N) is 1. The summed E-state index contributed by atoms with van der Waals surface area (Å²) in [5.74, 6) is -0.573. The molecule has 1 aromatic carbocycles. The Morgan fingerprint density at radius 2 is 2.24 bits per heavy atom. The van der Waals surface area contributed by atoms with Crippen LogP contribution in [-0.4, -0.2) is 42.7 Å². The average molecular weight is 240 g/mol. The molecule has 0 bridgehead atoms. The third kappa shape index (κ3) is 4.50. The molecule has 0 heterocycles. The number of halogens is 1. The van der Waals surface area contributed by atoms with Crippen LogP contribution in [0.25, 0.3) is 0 Å². The van der Waals surface area contributed by atoms with E-state index in [9.17, 15) is 9.18 Å². The molecule has 0 saturated carbocycles. The lowest BCUT2D eigenvalue weighted by molar-refractivity contribution is -0.117. The van der Waals surface area contributed by atoms with Crippen LogP contribution in [0.15, 0.2) is 18.2 Å². The van der Waals surface area contributed by atoms with Gasteiger partial charge in [-0.3, -0.25) is 9.69 Å². The molecule has 5 heteroatoms. The van der Waals surface area contributed by atoms with Crippen LogP contribution in [-0.2, 0) is 4.79 Å². The molecule has 1 amide bonds. The molecule has 0 aromatic heterocycles. The first-order valence-corrected chi connectivity index (χ1v) is 5.38. The third-order valence-electron chi connectivity index (χ3n) is 2.35. The first-order valence-electron chi connectivity index (χ1n) is 5.38. The van der Waals surface area contributed by atoms with E-state index in [0.29, 0.717) is 17.8 Å². The van der Waals surface area contributed by atoms with Gasteiger partial charge in [-0.25, -0.2) is 4.39 Å². The van der Waals surface area contributed by atoms with E-state index in [-0.39, 0.29) is 24.9 Å². The number of rotatable bonds is 5. The van der Waals surface area contributed by atoms with Crippen LogP contribution in [0.4, 0.5) is 10.1 Å². The van der Waals surface area contributed by atoms with Crippen molar-refractivity contribution in [1.29, 1.82) is 0 Å². The molecule has 94 valence electrons. The Kier molecular flexibility index (Phi) is 5.06. The highest BCUT2D eigenvalue weighted by Gasteiger charge is 2.07. The van der Waals surface area contributed by atoms with E-state index in [0.717, 1.165) is 0 Å². The zero-order valence-electron chi connectivity index (χ0n) is 10.0. The van der Waals surface area contributed by atoms with Gasteiger partial charge in [-0.15, -0.1) is 0 Å². The van der Waals surface area contributed by atoms with E-state index in [4.69, 9.17) is 5.11 Å². The van der Waals surface area contributed by atoms with Crippen molar-refractivity contribution in [3.05, 3.63) is 29.6 Å². The third-order valence-corrected chi connectivity index (χ3v) is 2.35. The van der Waals surface area contributed by atoms with Crippen LogP contribution in [0.2, 0.25) is 0 Å². The van der Waals surface area contributed by atoms with E-state index >= 15 is 0 Å². The molecular weight excluding hydrogens is 223 g/mol. The number of hydrogen-bond acceptors (Lipinski definition) is 3. The monoisotopic (exact) mass is 240 g/mol. The zero-order valence-corrected chi connectivity index (χ0v) is 10.0. The summed E-state index contributed by atoms with van der Waals surface area (Å²) in [6.45, 7) is 2.25. The maximum atomic E-state index is 13.2. The Bertz CT molecular complexity index is 396. The van der Waals surface area contributed by atoms with E-state index in [1.807, 2.05) is 0 Å². The Labute approximate surface area is 100 Å². The molecule has 0 unspecified atom stereocenters. The van der Waals surface area contributed by atoms with Crippen molar-refractivity contribution in [2.24, 2.45) is 0 Å². The number of aliphatic hydroxyl groups is 1. The summed E-state index contributed by atoms with van der Waals surface area (Å²) in [6.07, 6.45) is 0. The lowest BCUT2D eigenvalue weighted by atomic mass is 10.2. The molecule has 2 N–H and O–H groups in total. The van der Waals surface area contributed by atoms with Crippen molar-refractivity contribution >= 4 is 11.6 Å². The summed E-state index contributed by atoms with van der Waals surface area (Å²) in [5, 5.41) is 11.3. The molecule has 0 saturated heterocycles. The number of aryl methyl sites for hydroxylation is 1. The van der Waals surface area contributed by atoms with Crippen LogP contribution in [0, 0.1) is 12.7 Å². The second-order valence-corrected chi connectivity index (χ2v) is 3.97. The predicted molar refractivity (Wildman–Crippen MR) is 64.3 cm³/mol. The number of aliphatic hydroxyl groups excluding tert-OH is 1. The van der Waals surface area contributed by atoms with Gasteiger partial charge in [0.2, 0.25) is 5.91 Å². The van der Waals surface area contributed by atoms with Crippen molar-refractivity contribution in [2.75, 3.05) is 32.1 Å². The molecule has 0 aliphatic heterocycles. The summed E-state index contributed by atoms with van der Waals surface area (Å²) in [7, 11) is 1.73. The minimum Gasteiger partial charge on any atom is -0.395 e. The van der Waals surface area contributed by atoms with Crippen molar-refractivity contribution < 1.29 is 14.3 Å². The normalized spacial score (nSPS) is 10.6. The number of amides is 1. The average Bonchev–Trinajstić information content (AvgIpc) is 2.23. The Morgan fingerprint density at radius 3 is 2.82 bits per heavy atom. The van der Waals surface area contributed by atoms with Crippen LogP contribution in [0.3, 0.4) is 0 Å². The van der Waals surface area contributed by atoms with E-state index < -0.39 is 0 Å². The number of anilines is 1. The van der Waals surface area contributed by atoms with Crippen LogP contribution in [0.1, 0.15) is 5.56 Å². The molecule has 0 spiro atoms. The number of benzene rings is 1. The van der Waals surface area contributed by atoms with E-state index in [1.54, 1.807) is 31.0 Å². The SMILES string of the molecule is Cc1ccc(NC(=O)CN(C)CCO)cc1F. The van der Waals surface area contributed by atoms with Gasteiger partial charge in [0.25, 0.3) is 0 Å². The number of nitrogens with zero attached hydrogens (tertiary/aromatic N) is 1. The molecule has 0 fully saturated rings. The summed E-state index contributed by atoms with van der Waals surface area (Å²) >= 11 is 0. The van der Waals surface area contributed by atoms with Gasteiger partial charge in [-0.05, 0) is 31.7 Å². The standard InChI is InChI=1S/C12H17FN2O2/c1-9-3-4-10(7-11(9)13)14-12(17)8-15(2)5-6-16/h3-4,7,16H,5-6,8H2,1-2H3,(H,14,17). The maximum absolute atomic E-state index is 13.2. The highest BCUT2D eigenvalue weighted by molar-refractivity contribution is 5.92. The molecule has 0 aliphatic rings. The molecule has 1 aromatic rings. The van der Waals surface area contributed by atoms with Gasteiger partial charge in [0.15, 0.2) is 0 Å². The fourth-order valence-corrected chi connectivity index (χ4v) is 1.37. The summed E-state index contributed by atoms with van der Waals surface area (Å²) < 4.78 is 13.2. The first-order chi connectivity index (χ1) is 8.02. The minimum absolute atomic E-state index is 0.00292. The number of carbonyl (C=O) groups is 1. The second-order valence-electron chi connectivity index (χ2n) is 3.97. The van der Waals surface area contributed by atoms with Crippen molar-refractivity contribution in [3.63, 3.8) is 0 Å². The van der Waals surface area contributed by atoms with Gasteiger partial charge in [0.1, 0.15) is 5.82 Å². The largest absolute Gasteiger partial charge is 0.395 e. The summed E-state index contributed by atoms with van der Waals surface area (Å²) in [4.78, 5) is 13.2. The molecule has 1 rings (SSSR count). The van der Waals surface area contributed by atoms with Gasteiger partial charge in [0.05, 0.1) is 13.2 Å². The Balaban J connectivity index is 2.53. The molecule has 0 aliphatic carbocycles. The quantitative estimate of drug-likeness (QED) is 0.807. The molecule has 17 heavy (non-hydrogen) atoms. The summed E-state index contributed by atoms with van der Waals surface area (Å²) in [5.41, 5.74) is 0.982. The van der Waals surface area contributed by atoms with Crippen molar-refractivity contribution in [3.8, 4) is 0 Å². The van der Waals surface area contributed by atoms with Crippen LogP contribution in [0.5, 0.6) is 0 Å². The van der Waals surface area contributed by atoms with E-state index in [2.05, 4.69) is 5.32 Å². The maximum Gasteiger partial charge on any atom is 0.238 e. The minimum atomic E-state index is -0.341. The highest BCUT2D eigenvalue weighted by atomic mass is 19.1. The molecular formula is C12H17FN2O2. The summed E-state index contributed by atoms with van der Waals surface area (Å²) in [6, 6.07) is 4.56. The van der Waals surface area contributed by atoms with Gasteiger partial charge in [0, 0.05) is 12.2 Å². The fraction of sp³-hybridized carbons (Fsp3) is 0.417. The van der Waals surface area contributed by atoms with Crippen LogP contribution >= 0.6 is 0 Å². The van der Waals surface area contributed by atoms with Crippen molar-refractivity contribution in [1.82, 2.24) is 4.90 Å². The Hall–Kier alpha value is -1.46. The van der Waals surface area contributed by atoms with Gasteiger partial charge >= 0.3 is 0 Å². The lowest BCUT2D eigenvalue weighted by Crippen LogP contribution is -2.32. The van der Waals surface area contributed by atoms with Gasteiger partial charge < -0.3 is 10.4 Å². The molecule has 0 radical (unpaired) electrons. The van der Waals surface area contributed by atoms with Gasteiger partial charge in [-0.2, -0.15) is 0 Å².